The summed E-state index contributed by atoms with van der Waals surface area (Å²) in [6, 6.07) is 0. The van der Waals surface area contributed by atoms with Crippen molar-refractivity contribution in [3.8, 4) is 0 Å². The van der Waals surface area contributed by atoms with Crippen LogP contribution in [-0.4, -0.2) is 42.5 Å². The summed E-state index contributed by atoms with van der Waals surface area (Å²) in [7, 11) is 0. The van der Waals surface area contributed by atoms with Crippen molar-refractivity contribution in [2.45, 2.75) is 31.1 Å². The van der Waals surface area contributed by atoms with E-state index in [1.54, 1.807) is 0 Å². The second-order valence-corrected chi connectivity index (χ2v) is 4.88. The van der Waals surface area contributed by atoms with E-state index in [0.29, 0.717) is 6.61 Å². The minimum Gasteiger partial charge on any atom is -0.381 e. The second-order valence-electron chi connectivity index (χ2n) is 4.41. The lowest BCUT2D eigenvalue weighted by molar-refractivity contribution is -0.131. The third kappa shape index (κ3) is 2.64. The van der Waals surface area contributed by atoms with Crippen LogP contribution in [0.2, 0.25) is 0 Å². The Hall–Kier alpha value is -0.280. The highest BCUT2D eigenvalue weighted by Gasteiger charge is 2.32. The van der Waals surface area contributed by atoms with Crippen molar-refractivity contribution in [1.29, 1.82) is 0 Å². The molecule has 0 aromatic rings. The molecule has 0 bridgehead atoms. The summed E-state index contributed by atoms with van der Waals surface area (Å²) >= 11 is 6.22. The molecule has 0 saturated carbocycles. The first kappa shape index (κ1) is 11.2. The number of likely N-dealkylation sites (tertiary alicyclic amines) is 1. The summed E-state index contributed by atoms with van der Waals surface area (Å²) in [5.74, 6) is 0.332. The minimum atomic E-state index is -0.372. The number of amides is 1. The molecule has 15 heavy (non-hydrogen) atoms. The molecule has 0 aromatic heterocycles. The summed E-state index contributed by atoms with van der Waals surface area (Å²) in [6.45, 7) is 3.23. The molecule has 2 aliphatic heterocycles. The summed E-state index contributed by atoms with van der Waals surface area (Å²) in [4.78, 5) is 13.9. The summed E-state index contributed by atoms with van der Waals surface area (Å²) in [5, 5.41) is -0.372. The lowest BCUT2D eigenvalue weighted by atomic mass is 9.97. The Bertz CT molecular complexity index is 223. The lowest BCUT2D eigenvalue weighted by Gasteiger charge is -2.28. The number of halogens is 1. The van der Waals surface area contributed by atoms with E-state index in [4.69, 9.17) is 16.3 Å². The molecule has 0 radical (unpaired) electrons. The maximum absolute atomic E-state index is 12.0. The molecule has 0 aliphatic carbocycles. The van der Waals surface area contributed by atoms with Crippen molar-refractivity contribution in [1.82, 2.24) is 4.90 Å². The zero-order valence-electron chi connectivity index (χ0n) is 8.95. The first-order valence-electron chi connectivity index (χ1n) is 5.79. The van der Waals surface area contributed by atoms with Gasteiger partial charge in [0.25, 0.3) is 0 Å². The highest BCUT2D eigenvalue weighted by atomic mass is 35.5. The fourth-order valence-electron chi connectivity index (χ4n) is 2.31. The molecule has 0 aromatic carbocycles. The molecule has 0 spiro atoms. The molecule has 2 atom stereocenters. The van der Waals surface area contributed by atoms with Gasteiger partial charge in [-0.25, -0.2) is 0 Å². The van der Waals surface area contributed by atoms with E-state index in [0.717, 1.165) is 45.4 Å². The van der Waals surface area contributed by atoms with Gasteiger partial charge in [-0.05, 0) is 25.7 Å². The molecule has 2 heterocycles. The number of ether oxygens (including phenoxy) is 1. The summed E-state index contributed by atoms with van der Waals surface area (Å²) in [5.41, 5.74) is 0. The number of hydrogen-bond donors (Lipinski definition) is 0. The van der Waals surface area contributed by atoms with Gasteiger partial charge in [0.2, 0.25) is 5.91 Å². The number of hydrogen-bond acceptors (Lipinski definition) is 2. The van der Waals surface area contributed by atoms with Crippen LogP contribution < -0.4 is 0 Å². The van der Waals surface area contributed by atoms with Gasteiger partial charge in [0, 0.05) is 25.6 Å². The first-order valence-corrected chi connectivity index (χ1v) is 6.23. The first-order chi connectivity index (χ1) is 7.29. The van der Waals surface area contributed by atoms with Crippen LogP contribution in [0.25, 0.3) is 0 Å². The van der Waals surface area contributed by atoms with Gasteiger partial charge >= 0.3 is 0 Å². The van der Waals surface area contributed by atoms with Gasteiger partial charge in [-0.15, -0.1) is 11.6 Å². The van der Waals surface area contributed by atoms with Gasteiger partial charge in [-0.3, -0.25) is 4.79 Å². The SMILES string of the molecule is O=C(C(Cl)C1CCCOC1)N1CCCC1. The molecule has 2 aliphatic rings. The topological polar surface area (TPSA) is 29.5 Å². The van der Waals surface area contributed by atoms with Crippen LogP contribution in [0.3, 0.4) is 0 Å². The summed E-state index contributed by atoms with van der Waals surface area (Å²) in [6.07, 6.45) is 4.29. The number of rotatable bonds is 2. The van der Waals surface area contributed by atoms with E-state index >= 15 is 0 Å². The van der Waals surface area contributed by atoms with Crippen molar-refractivity contribution in [2.24, 2.45) is 5.92 Å². The van der Waals surface area contributed by atoms with Crippen LogP contribution in [0.5, 0.6) is 0 Å². The predicted octanol–water partition coefficient (Wildman–Crippen LogP) is 1.64. The fourth-order valence-corrected chi connectivity index (χ4v) is 2.65. The third-order valence-electron chi connectivity index (χ3n) is 3.26. The smallest absolute Gasteiger partial charge is 0.241 e. The van der Waals surface area contributed by atoms with Crippen molar-refractivity contribution in [3.05, 3.63) is 0 Å². The molecule has 3 nitrogen and oxygen atoms in total. The molecular weight excluding hydrogens is 214 g/mol. The standard InChI is InChI=1S/C11H18ClNO2/c12-10(9-4-3-7-15-8-9)11(14)13-5-1-2-6-13/h9-10H,1-8H2. The van der Waals surface area contributed by atoms with E-state index in [1.807, 2.05) is 4.90 Å². The van der Waals surface area contributed by atoms with Crippen LogP contribution in [0.4, 0.5) is 0 Å². The van der Waals surface area contributed by atoms with Crippen LogP contribution in [-0.2, 0) is 9.53 Å². The van der Waals surface area contributed by atoms with Crippen molar-refractivity contribution < 1.29 is 9.53 Å². The van der Waals surface area contributed by atoms with Gasteiger partial charge in [0.1, 0.15) is 5.38 Å². The molecule has 2 unspecified atom stereocenters. The zero-order valence-corrected chi connectivity index (χ0v) is 9.71. The molecule has 2 fully saturated rings. The van der Waals surface area contributed by atoms with Crippen LogP contribution >= 0.6 is 11.6 Å². The quantitative estimate of drug-likeness (QED) is 0.677. The van der Waals surface area contributed by atoms with Crippen LogP contribution in [0, 0.1) is 5.92 Å². The van der Waals surface area contributed by atoms with Gasteiger partial charge in [0.15, 0.2) is 0 Å². The molecule has 86 valence electrons. The third-order valence-corrected chi connectivity index (χ3v) is 3.81. The number of alkyl halides is 1. The van der Waals surface area contributed by atoms with Crippen molar-refractivity contribution in [3.63, 3.8) is 0 Å². The normalized spacial score (nSPS) is 29.1. The molecule has 0 N–H and O–H groups in total. The highest BCUT2D eigenvalue weighted by molar-refractivity contribution is 6.31. The highest BCUT2D eigenvalue weighted by Crippen LogP contribution is 2.24. The lowest BCUT2D eigenvalue weighted by Crippen LogP contribution is -2.40. The van der Waals surface area contributed by atoms with Crippen LogP contribution in [0.15, 0.2) is 0 Å². The van der Waals surface area contributed by atoms with Gasteiger partial charge in [-0.2, -0.15) is 0 Å². The summed E-state index contributed by atoms with van der Waals surface area (Å²) < 4.78 is 5.36. The molecule has 4 heteroatoms. The average molecular weight is 232 g/mol. The molecular formula is C11H18ClNO2. The van der Waals surface area contributed by atoms with Gasteiger partial charge < -0.3 is 9.64 Å². The number of nitrogens with zero attached hydrogens (tertiary/aromatic N) is 1. The molecule has 2 rings (SSSR count). The van der Waals surface area contributed by atoms with Gasteiger partial charge in [0.05, 0.1) is 6.61 Å². The molecule has 2 saturated heterocycles. The Morgan fingerprint density at radius 3 is 2.67 bits per heavy atom. The second kappa shape index (κ2) is 5.17. The van der Waals surface area contributed by atoms with Gasteiger partial charge in [-0.1, -0.05) is 0 Å². The largest absolute Gasteiger partial charge is 0.381 e. The maximum Gasteiger partial charge on any atom is 0.241 e. The maximum atomic E-state index is 12.0. The Labute approximate surface area is 95.7 Å². The number of carbonyl (C=O) groups is 1. The molecule has 1 amide bonds. The minimum absolute atomic E-state index is 0.115. The van der Waals surface area contributed by atoms with E-state index in [-0.39, 0.29) is 17.2 Å². The van der Waals surface area contributed by atoms with Crippen LogP contribution in [0.1, 0.15) is 25.7 Å². The average Bonchev–Trinajstić information content (AvgIpc) is 2.82. The predicted molar refractivity (Wildman–Crippen MR) is 59.0 cm³/mol. The van der Waals surface area contributed by atoms with E-state index in [2.05, 4.69) is 0 Å². The Morgan fingerprint density at radius 1 is 1.33 bits per heavy atom. The fraction of sp³-hybridized carbons (Fsp3) is 0.909. The monoisotopic (exact) mass is 231 g/mol. The Morgan fingerprint density at radius 2 is 2.07 bits per heavy atom. The van der Waals surface area contributed by atoms with Crippen molar-refractivity contribution >= 4 is 17.5 Å². The Kier molecular flexibility index (Phi) is 3.87. The van der Waals surface area contributed by atoms with E-state index in [9.17, 15) is 4.79 Å². The zero-order chi connectivity index (χ0) is 10.7. The van der Waals surface area contributed by atoms with E-state index in [1.165, 1.54) is 0 Å². The van der Waals surface area contributed by atoms with Crippen molar-refractivity contribution in [2.75, 3.05) is 26.3 Å². The van der Waals surface area contributed by atoms with E-state index < -0.39 is 0 Å². The Balaban J connectivity index is 1.87. The number of carbonyl (C=O) groups excluding carboxylic acids is 1.